The largest absolute Gasteiger partial charge is 0.347 e. The maximum absolute atomic E-state index is 5.99. The van der Waals surface area contributed by atoms with E-state index < -0.39 is 0 Å². The van der Waals surface area contributed by atoms with Gasteiger partial charge in [-0.15, -0.1) is 0 Å². The summed E-state index contributed by atoms with van der Waals surface area (Å²) in [6.07, 6.45) is 3.57. The topological polar surface area (TPSA) is 54.8 Å². The maximum Gasteiger partial charge on any atom is 0.229 e. The van der Waals surface area contributed by atoms with Crippen molar-refractivity contribution in [2.24, 2.45) is 0 Å². The van der Waals surface area contributed by atoms with Crippen LogP contribution in [0.1, 0.15) is 0 Å². The van der Waals surface area contributed by atoms with Crippen molar-refractivity contribution in [2.75, 3.05) is 19.0 Å². The van der Waals surface area contributed by atoms with E-state index in [-0.39, 0.29) is 5.28 Å². The first-order valence-electron chi connectivity index (χ1n) is 6.07. The summed E-state index contributed by atoms with van der Waals surface area (Å²) in [7, 11) is 3.73. The van der Waals surface area contributed by atoms with Gasteiger partial charge in [-0.25, -0.2) is 0 Å². The number of pyridine rings is 1. The van der Waals surface area contributed by atoms with Crippen LogP contribution in [0.4, 0.5) is 5.95 Å². The molecular weight excluding hydrogens is 274 g/mol. The Labute approximate surface area is 121 Å². The Bertz CT molecular complexity index is 767. The first-order chi connectivity index (χ1) is 9.65. The number of rotatable bonds is 2. The van der Waals surface area contributed by atoms with Gasteiger partial charge in [0, 0.05) is 37.4 Å². The van der Waals surface area contributed by atoms with Gasteiger partial charge in [-0.1, -0.05) is 18.2 Å². The summed E-state index contributed by atoms with van der Waals surface area (Å²) >= 11 is 5.99. The molecule has 2 aromatic heterocycles. The van der Waals surface area contributed by atoms with Crippen LogP contribution in [0.5, 0.6) is 0 Å². The van der Waals surface area contributed by atoms with Gasteiger partial charge >= 0.3 is 0 Å². The average Bonchev–Trinajstić information content (AvgIpc) is 2.46. The lowest BCUT2D eigenvalue weighted by Crippen LogP contribution is -2.14. The van der Waals surface area contributed by atoms with Crippen molar-refractivity contribution >= 4 is 28.3 Å². The zero-order valence-electron chi connectivity index (χ0n) is 11.1. The van der Waals surface area contributed by atoms with E-state index in [2.05, 4.69) is 19.9 Å². The molecule has 0 radical (unpaired) electrons. The van der Waals surface area contributed by atoms with Gasteiger partial charge in [-0.05, 0) is 23.1 Å². The molecule has 5 nitrogen and oxygen atoms in total. The second kappa shape index (κ2) is 5.02. The summed E-state index contributed by atoms with van der Waals surface area (Å²) in [6.45, 7) is 0. The van der Waals surface area contributed by atoms with Crippen molar-refractivity contribution in [3.63, 3.8) is 0 Å². The van der Waals surface area contributed by atoms with Crippen molar-refractivity contribution < 1.29 is 0 Å². The molecule has 3 aromatic rings. The zero-order chi connectivity index (χ0) is 14.1. The maximum atomic E-state index is 5.99. The molecular formula is C14H12ClN5. The van der Waals surface area contributed by atoms with E-state index in [4.69, 9.17) is 11.6 Å². The van der Waals surface area contributed by atoms with E-state index in [1.54, 1.807) is 11.1 Å². The standard InChI is InChI=1S/C14H12ClN5/c1-20(2)14-18-12(17-13(15)19-14)11-5-3-4-9-8-16-7-6-10(9)11/h3-8H,1-2H3. The molecule has 20 heavy (non-hydrogen) atoms. The molecule has 6 heteroatoms. The van der Waals surface area contributed by atoms with Crippen LogP contribution < -0.4 is 4.90 Å². The first-order valence-corrected chi connectivity index (χ1v) is 6.45. The number of hydrogen-bond acceptors (Lipinski definition) is 5. The number of nitrogens with zero attached hydrogens (tertiary/aromatic N) is 5. The SMILES string of the molecule is CN(C)c1nc(Cl)nc(-c2cccc3cnccc23)n1. The van der Waals surface area contributed by atoms with Gasteiger partial charge in [0.1, 0.15) is 0 Å². The minimum atomic E-state index is 0.185. The van der Waals surface area contributed by atoms with Crippen LogP contribution in [-0.4, -0.2) is 34.0 Å². The lowest BCUT2D eigenvalue weighted by atomic mass is 10.1. The van der Waals surface area contributed by atoms with Gasteiger partial charge in [0.15, 0.2) is 5.82 Å². The summed E-state index contributed by atoms with van der Waals surface area (Å²) in [4.78, 5) is 18.7. The van der Waals surface area contributed by atoms with Crippen molar-refractivity contribution in [2.45, 2.75) is 0 Å². The van der Waals surface area contributed by atoms with E-state index >= 15 is 0 Å². The zero-order valence-corrected chi connectivity index (χ0v) is 11.8. The highest BCUT2D eigenvalue weighted by Crippen LogP contribution is 2.26. The summed E-state index contributed by atoms with van der Waals surface area (Å²) < 4.78 is 0. The van der Waals surface area contributed by atoms with Crippen molar-refractivity contribution in [3.8, 4) is 11.4 Å². The molecule has 0 N–H and O–H groups in total. The summed E-state index contributed by atoms with van der Waals surface area (Å²) in [5.41, 5.74) is 0.914. The minimum Gasteiger partial charge on any atom is -0.347 e. The molecule has 0 spiro atoms. The molecule has 0 aliphatic carbocycles. The molecule has 0 saturated carbocycles. The molecule has 100 valence electrons. The van der Waals surface area contributed by atoms with E-state index in [1.807, 2.05) is 44.6 Å². The highest BCUT2D eigenvalue weighted by molar-refractivity contribution is 6.28. The van der Waals surface area contributed by atoms with Gasteiger partial charge in [0.2, 0.25) is 11.2 Å². The number of anilines is 1. The fourth-order valence-electron chi connectivity index (χ4n) is 1.98. The van der Waals surface area contributed by atoms with Crippen molar-refractivity contribution in [1.29, 1.82) is 0 Å². The van der Waals surface area contributed by atoms with Crippen LogP contribution in [-0.2, 0) is 0 Å². The quantitative estimate of drug-likeness (QED) is 0.725. The van der Waals surface area contributed by atoms with Crippen LogP contribution in [0, 0.1) is 0 Å². The Balaban J connectivity index is 2.25. The molecule has 1 aromatic carbocycles. The highest BCUT2D eigenvalue weighted by atomic mass is 35.5. The Morgan fingerprint density at radius 3 is 2.70 bits per heavy atom. The van der Waals surface area contributed by atoms with Crippen LogP contribution in [0.3, 0.4) is 0 Å². The lowest BCUT2D eigenvalue weighted by molar-refractivity contribution is 0.962. The molecule has 2 heterocycles. The monoisotopic (exact) mass is 285 g/mol. The number of halogens is 1. The second-order valence-corrected chi connectivity index (χ2v) is 4.86. The molecule has 0 unspecified atom stereocenters. The predicted octanol–water partition coefficient (Wildman–Crippen LogP) is 2.81. The molecule has 0 bridgehead atoms. The lowest BCUT2D eigenvalue weighted by Gasteiger charge is -2.12. The molecule has 0 amide bonds. The molecule has 0 saturated heterocycles. The Morgan fingerprint density at radius 2 is 1.90 bits per heavy atom. The van der Waals surface area contributed by atoms with Gasteiger partial charge in [0.25, 0.3) is 0 Å². The molecule has 0 fully saturated rings. The summed E-state index contributed by atoms with van der Waals surface area (Å²) in [5, 5.41) is 2.26. The van der Waals surface area contributed by atoms with Crippen LogP contribution in [0.2, 0.25) is 5.28 Å². The number of benzene rings is 1. The normalized spacial score (nSPS) is 10.8. The van der Waals surface area contributed by atoms with E-state index in [9.17, 15) is 0 Å². The third-order valence-corrected chi connectivity index (χ3v) is 3.09. The number of aromatic nitrogens is 4. The number of fused-ring (bicyclic) bond motifs is 1. The van der Waals surface area contributed by atoms with Gasteiger partial charge in [-0.2, -0.15) is 15.0 Å². The van der Waals surface area contributed by atoms with E-state index in [1.165, 1.54) is 0 Å². The van der Waals surface area contributed by atoms with Crippen molar-refractivity contribution in [3.05, 3.63) is 41.9 Å². The Kier molecular flexibility index (Phi) is 3.20. The average molecular weight is 286 g/mol. The van der Waals surface area contributed by atoms with Crippen molar-refractivity contribution in [1.82, 2.24) is 19.9 Å². The third kappa shape index (κ3) is 2.28. The minimum absolute atomic E-state index is 0.185. The van der Waals surface area contributed by atoms with Crippen LogP contribution in [0.25, 0.3) is 22.2 Å². The fourth-order valence-corrected chi connectivity index (χ4v) is 2.13. The van der Waals surface area contributed by atoms with Crippen LogP contribution >= 0.6 is 11.6 Å². The van der Waals surface area contributed by atoms with Gasteiger partial charge < -0.3 is 4.90 Å². The molecule has 0 aliphatic heterocycles. The molecule has 0 aliphatic rings. The number of hydrogen-bond donors (Lipinski definition) is 0. The van der Waals surface area contributed by atoms with Gasteiger partial charge in [0.05, 0.1) is 0 Å². The van der Waals surface area contributed by atoms with E-state index in [0.29, 0.717) is 11.8 Å². The first kappa shape index (κ1) is 12.7. The summed E-state index contributed by atoms with van der Waals surface area (Å²) in [5.74, 6) is 1.09. The molecule has 0 atom stereocenters. The molecule has 3 rings (SSSR count). The second-order valence-electron chi connectivity index (χ2n) is 4.52. The highest BCUT2D eigenvalue weighted by Gasteiger charge is 2.11. The van der Waals surface area contributed by atoms with Gasteiger partial charge in [-0.3, -0.25) is 4.98 Å². The summed E-state index contributed by atoms with van der Waals surface area (Å²) in [6, 6.07) is 7.86. The Hall–Kier alpha value is -2.27. The van der Waals surface area contributed by atoms with Crippen LogP contribution in [0.15, 0.2) is 36.7 Å². The van der Waals surface area contributed by atoms with E-state index in [0.717, 1.165) is 16.3 Å². The smallest absolute Gasteiger partial charge is 0.229 e. The fraction of sp³-hybridized carbons (Fsp3) is 0.143. The Morgan fingerprint density at radius 1 is 1.05 bits per heavy atom. The predicted molar refractivity (Wildman–Crippen MR) is 79.9 cm³/mol. The third-order valence-electron chi connectivity index (χ3n) is 2.92.